The van der Waals surface area contributed by atoms with Crippen LogP contribution in [0.15, 0.2) is 30.6 Å². The molecule has 1 aromatic carbocycles. The van der Waals surface area contributed by atoms with Crippen molar-refractivity contribution in [2.24, 2.45) is 0 Å². The number of hydrogen-bond acceptors (Lipinski definition) is 6. The van der Waals surface area contributed by atoms with Gasteiger partial charge < -0.3 is 19.9 Å². The van der Waals surface area contributed by atoms with Crippen LogP contribution in [0, 0.1) is 5.82 Å². The number of likely N-dealkylation sites (N-methyl/N-ethyl adjacent to an activating group) is 1. The summed E-state index contributed by atoms with van der Waals surface area (Å²) in [6.07, 6.45) is 2.69. The van der Waals surface area contributed by atoms with Crippen LogP contribution in [0.1, 0.15) is 0 Å². The van der Waals surface area contributed by atoms with E-state index >= 15 is 0 Å². The summed E-state index contributed by atoms with van der Waals surface area (Å²) in [6.45, 7) is 3.68. The Bertz CT molecular complexity index is 1080. The average Bonchev–Trinajstić information content (AvgIpc) is 3.19. The molecule has 8 nitrogen and oxygen atoms in total. The van der Waals surface area contributed by atoms with E-state index in [1.54, 1.807) is 25.4 Å². The molecule has 1 aliphatic heterocycles. The van der Waals surface area contributed by atoms with Gasteiger partial charge in [-0.15, -0.1) is 0 Å². The van der Waals surface area contributed by atoms with Crippen LogP contribution in [0.2, 0.25) is 5.28 Å². The van der Waals surface area contributed by atoms with E-state index in [2.05, 4.69) is 37.1 Å². The Morgan fingerprint density at radius 2 is 2.13 bits per heavy atom. The average molecular weight is 447 g/mol. The number of nitrogens with one attached hydrogen (secondary N) is 2. The Labute approximate surface area is 184 Å². The number of amides is 1. The van der Waals surface area contributed by atoms with E-state index in [1.165, 1.54) is 0 Å². The molecule has 1 aliphatic rings. The van der Waals surface area contributed by atoms with Gasteiger partial charge in [-0.25, -0.2) is 14.4 Å². The lowest BCUT2D eigenvalue weighted by Gasteiger charge is -2.36. The number of methoxy groups -OCH3 is 1. The maximum atomic E-state index is 14.3. The van der Waals surface area contributed by atoms with Gasteiger partial charge in [0.25, 0.3) is 0 Å². The standard InChI is InChI=1S/C21H24ClFN6O2/c1-28-6-8-29(9-7-28)17(12-31-2)20(30)26-16-5-3-4-13-14(10-24-19(13)16)18-15(23)11-25-21(22)27-18/h3-5,10-11,17,24H,6-9,12H2,1-2H3,(H,26,30)/t17-/m1/s1. The topological polar surface area (TPSA) is 86.4 Å². The van der Waals surface area contributed by atoms with Crippen LogP contribution < -0.4 is 5.32 Å². The van der Waals surface area contributed by atoms with Gasteiger partial charge in [0.05, 0.1) is 24.0 Å². The molecule has 0 bridgehead atoms. The summed E-state index contributed by atoms with van der Waals surface area (Å²) in [5.41, 5.74) is 1.92. The summed E-state index contributed by atoms with van der Waals surface area (Å²) in [7, 11) is 3.66. The van der Waals surface area contributed by atoms with Crippen molar-refractivity contribution in [1.82, 2.24) is 24.8 Å². The lowest BCUT2D eigenvalue weighted by Crippen LogP contribution is -2.54. The molecule has 31 heavy (non-hydrogen) atoms. The predicted octanol–water partition coefficient (Wildman–Crippen LogP) is 2.62. The number of carbonyl (C=O) groups is 1. The number of hydrogen-bond donors (Lipinski definition) is 2. The zero-order chi connectivity index (χ0) is 22.0. The minimum Gasteiger partial charge on any atom is -0.383 e. The van der Waals surface area contributed by atoms with Crippen molar-refractivity contribution in [3.8, 4) is 11.3 Å². The van der Waals surface area contributed by atoms with Crippen LogP contribution in [0.25, 0.3) is 22.2 Å². The largest absolute Gasteiger partial charge is 0.383 e. The van der Waals surface area contributed by atoms with E-state index in [0.29, 0.717) is 28.8 Å². The lowest BCUT2D eigenvalue weighted by atomic mass is 10.1. The van der Waals surface area contributed by atoms with Gasteiger partial charge in [-0.1, -0.05) is 12.1 Å². The molecule has 0 radical (unpaired) electrons. The van der Waals surface area contributed by atoms with Crippen molar-refractivity contribution in [2.45, 2.75) is 6.04 Å². The van der Waals surface area contributed by atoms with Crippen molar-refractivity contribution >= 4 is 34.1 Å². The molecule has 3 heterocycles. The zero-order valence-electron chi connectivity index (χ0n) is 17.4. The lowest BCUT2D eigenvalue weighted by molar-refractivity contribution is -0.124. The smallest absolute Gasteiger partial charge is 0.244 e. The van der Waals surface area contributed by atoms with E-state index in [0.717, 1.165) is 32.4 Å². The number of aromatic amines is 1. The van der Waals surface area contributed by atoms with Crippen LogP contribution in [-0.2, 0) is 9.53 Å². The SMILES string of the molecule is COC[C@H](C(=O)Nc1cccc2c(-c3nc(Cl)ncc3F)c[nH]c12)N1CCN(C)CC1. The minimum atomic E-state index is -0.574. The number of piperazine rings is 1. The monoisotopic (exact) mass is 446 g/mol. The molecule has 1 amide bonds. The molecule has 1 fully saturated rings. The number of fused-ring (bicyclic) bond motifs is 1. The first-order valence-electron chi connectivity index (χ1n) is 9.99. The van der Waals surface area contributed by atoms with Gasteiger partial charge >= 0.3 is 0 Å². The zero-order valence-corrected chi connectivity index (χ0v) is 18.1. The summed E-state index contributed by atoms with van der Waals surface area (Å²) in [6, 6.07) is 5.04. The number of ether oxygens (including phenoxy) is 1. The molecule has 4 rings (SSSR count). The number of anilines is 1. The van der Waals surface area contributed by atoms with Gasteiger partial charge in [-0.2, -0.15) is 0 Å². The number of halogens is 2. The van der Waals surface area contributed by atoms with Gasteiger partial charge in [0.1, 0.15) is 11.7 Å². The number of aromatic nitrogens is 3. The Kier molecular flexibility index (Phi) is 6.47. The number of carbonyl (C=O) groups excluding carboxylic acids is 1. The van der Waals surface area contributed by atoms with Gasteiger partial charge in [-0.05, 0) is 24.7 Å². The van der Waals surface area contributed by atoms with E-state index < -0.39 is 11.9 Å². The fraction of sp³-hybridized carbons (Fsp3) is 0.381. The molecule has 2 N–H and O–H groups in total. The van der Waals surface area contributed by atoms with Gasteiger partial charge in [-0.3, -0.25) is 9.69 Å². The molecular weight excluding hydrogens is 423 g/mol. The van der Waals surface area contributed by atoms with Crippen LogP contribution in [0.3, 0.4) is 0 Å². The molecule has 3 aromatic rings. The van der Waals surface area contributed by atoms with E-state index in [9.17, 15) is 9.18 Å². The second-order valence-electron chi connectivity index (χ2n) is 7.57. The third-order valence-corrected chi connectivity index (χ3v) is 5.73. The normalized spacial score (nSPS) is 16.5. The summed E-state index contributed by atoms with van der Waals surface area (Å²) in [5.74, 6) is -0.721. The molecule has 10 heteroatoms. The van der Waals surface area contributed by atoms with E-state index in [-0.39, 0.29) is 16.9 Å². The fourth-order valence-corrected chi connectivity index (χ4v) is 3.98. The second kappa shape index (κ2) is 9.27. The quantitative estimate of drug-likeness (QED) is 0.566. The summed E-state index contributed by atoms with van der Waals surface area (Å²) in [4.78, 5) is 28.3. The number of para-hydroxylation sites is 1. The number of H-pyrrole nitrogens is 1. The van der Waals surface area contributed by atoms with Crippen LogP contribution in [0.4, 0.5) is 10.1 Å². The highest BCUT2D eigenvalue weighted by Gasteiger charge is 2.29. The van der Waals surface area contributed by atoms with Gasteiger partial charge in [0, 0.05) is 50.4 Å². The molecular formula is C21H24ClFN6O2. The van der Waals surface area contributed by atoms with Crippen molar-refractivity contribution < 1.29 is 13.9 Å². The molecule has 164 valence electrons. The minimum absolute atomic E-state index is 0.0372. The Morgan fingerprint density at radius 1 is 1.35 bits per heavy atom. The summed E-state index contributed by atoms with van der Waals surface area (Å²) in [5, 5.41) is 3.69. The first-order chi connectivity index (χ1) is 15.0. The first-order valence-corrected chi connectivity index (χ1v) is 10.4. The molecule has 2 aromatic heterocycles. The first kappa shape index (κ1) is 21.6. The second-order valence-corrected chi connectivity index (χ2v) is 7.90. The van der Waals surface area contributed by atoms with Crippen LogP contribution in [-0.4, -0.2) is 83.6 Å². The summed E-state index contributed by atoms with van der Waals surface area (Å²) < 4.78 is 19.6. The van der Waals surface area contributed by atoms with Crippen LogP contribution >= 0.6 is 11.6 Å². The highest BCUT2D eigenvalue weighted by Crippen LogP contribution is 2.33. The Morgan fingerprint density at radius 3 is 2.87 bits per heavy atom. The number of rotatable bonds is 6. The van der Waals surface area contributed by atoms with E-state index in [1.807, 2.05) is 6.07 Å². The molecule has 0 unspecified atom stereocenters. The number of benzene rings is 1. The van der Waals surface area contributed by atoms with Gasteiger partial charge in [0.2, 0.25) is 11.2 Å². The van der Waals surface area contributed by atoms with Crippen molar-refractivity contribution in [1.29, 1.82) is 0 Å². The molecule has 1 saturated heterocycles. The molecule has 1 atom stereocenters. The van der Waals surface area contributed by atoms with Crippen molar-refractivity contribution in [3.63, 3.8) is 0 Å². The van der Waals surface area contributed by atoms with Gasteiger partial charge in [0.15, 0.2) is 5.82 Å². The predicted molar refractivity (Wildman–Crippen MR) is 118 cm³/mol. The Hall–Kier alpha value is -2.59. The number of nitrogens with zero attached hydrogens (tertiary/aromatic N) is 4. The fourth-order valence-electron chi connectivity index (χ4n) is 3.84. The molecule has 0 aliphatic carbocycles. The molecule has 0 spiro atoms. The van der Waals surface area contributed by atoms with E-state index in [4.69, 9.17) is 16.3 Å². The molecule has 0 saturated carbocycles. The van der Waals surface area contributed by atoms with Crippen LogP contribution in [0.5, 0.6) is 0 Å². The maximum absolute atomic E-state index is 14.3. The third kappa shape index (κ3) is 4.54. The summed E-state index contributed by atoms with van der Waals surface area (Å²) >= 11 is 5.86. The van der Waals surface area contributed by atoms with Crippen molar-refractivity contribution in [3.05, 3.63) is 41.7 Å². The Balaban J connectivity index is 1.62. The van der Waals surface area contributed by atoms with Crippen molar-refractivity contribution in [2.75, 3.05) is 52.3 Å². The maximum Gasteiger partial charge on any atom is 0.244 e. The highest BCUT2D eigenvalue weighted by atomic mass is 35.5. The highest BCUT2D eigenvalue weighted by molar-refractivity contribution is 6.28. The third-order valence-electron chi connectivity index (χ3n) is 5.55.